The van der Waals surface area contributed by atoms with Crippen molar-refractivity contribution in [3.63, 3.8) is 0 Å². The van der Waals surface area contributed by atoms with Crippen LogP contribution in [0, 0.1) is 5.41 Å². The minimum Gasteiger partial charge on any atom is -0.481 e. The third-order valence-corrected chi connectivity index (χ3v) is 5.62. The van der Waals surface area contributed by atoms with E-state index in [9.17, 15) is 23.1 Å². The van der Waals surface area contributed by atoms with Crippen LogP contribution in [0.1, 0.15) is 25.7 Å². The molecule has 0 spiro atoms. The van der Waals surface area contributed by atoms with Crippen LogP contribution in [0.4, 0.5) is 0 Å². The molecule has 1 aliphatic heterocycles. The minimum absolute atomic E-state index is 0.0290. The Labute approximate surface area is 118 Å². The summed E-state index contributed by atoms with van der Waals surface area (Å²) in [6, 6.07) is 0. The average Bonchev–Trinajstić information content (AvgIpc) is 2.32. The maximum atomic E-state index is 12.2. The molecular weight excluding hydrogens is 284 g/mol. The van der Waals surface area contributed by atoms with Gasteiger partial charge in [-0.2, -0.15) is 4.31 Å². The molecule has 114 valence electrons. The van der Waals surface area contributed by atoms with Crippen molar-refractivity contribution in [2.24, 2.45) is 5.41 Å². The summed E-state index contributed by atoms with van der Waals surface area (Å²) >= 11 is 0. The first kappa shape index (κ1) is 15.2. The summed E-state index contributed by atoms with van der Waals surface area (Å²) < 4.78 is 24.1. The molecule has 0 bridgehead atoms. The molecule has 1 saturated carbocycles. The second kappa shape index (κ2) is 5.33. The van der Waals surface area contributed by atoms with Gasteiger partial charge in [0, 0.05) is 32.6 Å². The Morgan fingerprint density at radius 3 is 2.05 bits per heavy atom. The summed E-state index contributed by atoms with van der Waals surface area (Å²) in [6.07, 6.45) is 3.13. The fraction of sp³-hybridized carbons (Fsp3) is 0.833. The van der Waals surface area contributed by atoms with Gasteiger partial charge in [-0.3, -0.25) is 9.59 Å². The zero-order valence-electron chi connectivity index (χ0n) is 11.5. The molecule has 0 radical (unpaired) electrons. The second-order valence-corrected chi connectivity index (χ2v) is 7.64. The smallest absolute Gasteiger partial charge is 0.310 e. The van der Waals surface area contributed by atoms with E-state index in [2.05, 4.69) is 0 Å². The molecular formula is C12H20N2O5S. The highest BCUT2D eigenvalue weighted by molar-refractivity contribution is 7.88. The molecule has 1 N–H and O–H groups in total. The molecule has 0 aromatic rings. The molecule has 0 aromatic carbocycles. The van der Waals surface area contributed by atoms with Gasteiger partial charge in [-0.25, -0.2) is 8.42 Å². The molecule has 20 heavy (non-hydrogen) atoms. The number of carboxylic acid groups (broad SMARTS) is 1. The fourth-order valence-corrected chi connectivity index (χ4v) is 3.57. The molecule has 2 aliphatic rings. The van der Waals surface area contributed by atoms with Gasteiger partial charge in [0.1, 0.15) is 0 Å². The van der Waals surface area contributed by atoms with Crippen LogP contribution < -0.4 is 0 Å². The van der Waals surface area contributed by atoms with Gasteiger partial charge in [-0.15, -0.1) is 0 Å². The Morgan fingerprint density at radius 1 is 1.15 bits per heavy atom. The molecule has 1 amide bonds. The SMILES string of the molecule is CS(=O)(=O)N1CCN(C(=O)CC2(C(=O)O)CCC2)CC1. The standard InChI is InChI=1S/C12H20N2O5S/c1-20(18,19)14-7-5-13(6-8-14)10(15)9-12(11(16)17)3-2-4-12/h2-9H2,1H3,(H,16,17). The summed E-state index contributed by atoms with van der Waals surface area (Å²) in [6.45, 7) is 1.23. The minimum atomic E-state index is -3.22. The molecule has 8 heteroatoms. The maximum absolute atomic E-state index is 12.2. The average molecular weight is 304 g/mol. The molecule has 1 saturated heterocycles. The first-order chi connectivity index (χ1) is 9.24. The normalized spacial score (nSPS) is 23.1. The molecule has 2 rings (SSSR count). The number of rotatable bonds is 4. The molecule has 1 heterocycles. The van der Waals surface area contributed by atoms with E-state index in [1.165, 1.54) is 4.31 Å². The van der Waals surface area contributed by atoms with Crippen LogP contribution in [0.2, 0.25) is 0 Å². The van der Waals surface area contributed by atoms with E-state index >= 15 is 0 Å². The van der Waals surface area contributed by atoms with Crippen molar-refractivity contribution in [2.75, 3.05) is 32.4 Å². The van der Waals surface area contributed by atoms with E-state index in [1.807, 2.05) is 0 Å². The molecule has 0 unspecified atom stereocenters. The van der Waals surface area contributed by atoms with Gasteiger partial charge in [0.15, 0.2) is 0 Å². The lowest BCUT2D eigenvalue weighted by molar-refractivity contribution is -0.159. The fourth-order valence-electron chi connectivity index (χ4n) is 2.74. The molecule has 2 fully saturated rings. The van der Waals surface area contributed by atoms with E-state index in [0.29, 0.717) is 25.9 Å². The van der Waals surface area contributed by atoms with Crippen molar-refractivity contribution in [3.05, 3.63) is 0 Å². The van der Waals surface area contributed by atoms with E-state index in [1.54, 1.807) is 4.90 Å². The monoisotopic (exact) mass is 304 g/mol. The second-order valence-electron chi connectivity index (χ2n) is 5.66. The van der Waals surface area contributed by atoms with Crippen LogP contribution in [0.15, 0.2) is 0 Å². The van der Waals surface area contributed by atoms with Crippen LogP contribution in [-0.4, -0.2) is 67.0 Å². The van der Waals surface area contributed by atoms with Crippen molar-refractivity contribution in [3.8, 4) is 0 Å². The number of amides is 1. The zero-order chi connectivity index (χ0) is 15.0. The van der Waals surface area contributed by atoms with Crippen molar-refractivity contribution in [1.29, 1.82) is 0 Å². The van der Waals surface area contributed by atoms with Crippen molar-refractivity contribution in [1.82, 2.24) is 9.21 Å². The Bertz CT molecular complexity index is 504. The van der Waals surface area contributed by atoms with Gasteiger partial charge in [-0.05, 0) is 12.8 Å². The lowest BCUT2D eigenvalue weighted by atomic mass is 9.66. The van der Waals surface area contributed by atoms with E-state index in [4.69, 9.17) is 0 Å². The number of piperazine rings is 1. The number of aliphatic carboxylic acids is 1. The van der Waals surface area contributed by atoms with Gasteiger partial charge < -0.3 is 10.0 Å². The topological polar surface area (TPSA) is 95.0 Å². The van der Waals surface area contributed by atoms with E-state index in [-0.39, 0.29) is 25.4 Å². The maximum Gasteiger partial charge on any atom is 0.310 e. The van der Waals surface area contributed by atoms with Gasteiger partial charge in [0.25, 0.3) is 0 Å². The van der Waals surface area contributed by atoms with E-state index < -0.39 is 21.4 Å². The van der Waals surface area contributed by atoms with Crippen LogP contribution >= 0.6 is 0 Å². The first-order valence-corrected chi connectivity index (χ1v) is 8.56. The van der Waals surface area contributed by atoms with E-state index in [0.717, 1.165) is 12.7 Å². The summed E-state index contributed by atoms with van der Waals surface area (Å²) in [5.74, 6) is -1.08. The molecule has 0 atom stereocenters. The molecule has 7 nitrogen and oxygen atoms in total. The quantitative estimate of drug-likeness (QED) is 0.772. The summed E-state index contributed by atoms with van der Waals surface area (Å²) in [5.41, 5.74) is -0.884. The number of carbonyl (C=O) groups is 2. The lowest BCUT2D eigenvalue weighted by Gasteiger charge is -2.40. The van der Waals surface area contributed by atoms with Crippen molar-refractivity contribution < 1.29 is 23.1 Å². The van der Waals surface area contributed by atoms with Crippen LogP contribution in [0.5, 0.6) is 0 Å². The highest BCUT2D eigenvalue weighted by Gasteiger charge is 2.46. The van der Waals surface area contributed by atoms with Crippen LogP contribution in [0.25, 0.3) is 0 Å². The number of nitrogens with zero attached hydrogens (tertiary/aromatic N) is 2. The Kier molecular flexibility index (Phi) is 4.06. The predicted octanol–water partition coefficient (Wildman–Crippen LogP) is -0.265. The lowest BCUT2D eigenvalue weighted by Crippen LogP contribution is -2.52. The van der Waals surface area contributed by atoms with Gasteiger partial charge >= 0.3 is 5.97 Å². The first-order valence-electron chi connectivity index (χ1n) is 6.71. The third kappa shape index (κ3) is 2.95. The van der Waals surface area contributed by atoms with Crippen molar-refractivity contribution >= 4 is 21.9 Å². The molecule has 1 aliphatic carbocycles. The number of carboxylic acids is 1. The van der Waals surface area contributed by atoms with Crippen LogP contribution in [-0.2, 0) is 19.6 Å². The molecule has 0 aromatic heterocycles. The summed E-state index contributed by atoms with van der Waals surface area (Å²) in [7, 11) is -3.22. The Hall–Kier alpha value is -1.15. The predicted molar refractivity (Wildman–Crippen MR) is 71.5 cm³/mol. The Morgan fingerprint density at radius 2 is 1.70 bits per heavy atom. The van der Waals surface area contributed by atoms with Gasteiger partial charge in [0.05, 0.1) is 11.7 Å². The summed E-state index contributed by atoms with van der Waals surface area (Å²) in [4.78, 5) is 25.0. The van der Waals surface area contributed by atoms with Gasteiger partial charge in [0.2, 0.25) is 15.9 Å². The number of hydrogen-bond donors (Lipinski definition) is 1. The number of carbonyl (C=O) groups excluding carboxylic acids is 1. The number of hydrogen-bond acceptors (Lipinski definition) is 4. The summed E-state index contributed by atoms with van der Waals surface area (Å²) in [5, 5.41) is 9.22. The van der Waals surface area contributed by atoms with Gasteiger partial charge in [-0.1, -0.05) is 6.42 Å². The van der Waals surface area contributed by atoms with Crippen LogP contribution in [0.3, 0.4) is 0 Å². The highest BCUT2D eigenvalue weighted by Crippen LogP contribution is 2.44. The zero-order valence-corrected chi connectivity index (χ0v) is 12.4. The third-order valence-electron chi connectivity index (χ3n) is 4.31. The van der Waals surface area contributed by atoms with Crippen molar-refractivity contribution in [2.45, 2.75) is 25.7 Å². The Balaban J connectivity index is 1.91. The largest absolute Gasteiger partial charge is 0.481 e. The number of sulfonamides is 1. The highest BCUT2D eigenvalue weighted by atomic mass is 32.2.